The van der Waals surface area contributed by atoms with Crippen molar-refractivity contribution in [2.45, 2.75) is 54.0 Å². The van der Waals surface area contributed by atoms with Gasteiger partial charge >= 0.3 is 0 Å². The van der Waals surface area contributed by atoms with Crippen LogP contribution in [0.3, 0.4) is 0 Å². The van der Waals surface area contributed by atoms with Crippen LogP contribution in [-0.4, -0.2) is 61.6 Å². The van der Waals surface area contributed by atoms with Crippen LogP contribution in [0.2, 0.25) is 0 Å². The molecule has 0 saturated carbocycles. The van der Waals surface area contributed by atoms with E-state index < -0.39 is 0 Å². The molecule has 4 nitrogen and oxygen atoms in total. The number of hydrogen-bond acceptors (Lipinski definition) is 2. The smallest absolute Gasteiger partial charge is 0.194 e. The van der Waals surface area contributed by atoms with Crippen molar-refractivity contribution in [1.29, 1.82) is 0 Å². The Morgan fingerprint density at radius 2 is 1.77 bits per heavy atom. The van der Waals surface area contributed by atoms with Gasteiger partial charge in [-0.1, -0.05) is 27.7 Å². The first kappa shape index (κ1) is 22.0. The first-order chi connectivity index (χ1) is 9.43. The third-order valence-electron chi connectivity index (χ3n) is 4.88. The van der Waals surface area contributed by atoms with E-state index in [1.54, 1.807) is 0 Å². The second-order valence-electron chi connectivity index (χ2n) is 8.60. The number of hydrogen-bond donors (Lipinski definition) is 1. The quantitative estimate of drug-likeness (QED) is 0.418. The van der Waals surface area contributed by atoms with Gasteiger partial charge in [-0.15, -0.1) is 24.0 Å². The van der Waals surface area contributed by atoms with Crippen molar-refractivity contribution >= 4 is 29.9 Å². The monoisotopic (exact) mass is 424 g/mol. The first-order valence-electron chi connectivity index (χ1n) is 8.14. The van der Waals surface area contributed by atoms with Gasteiger partial charge in [-0.05, 0) is 40.3 Å². The molecule has 5 heteroatoms. The van der Waals surface area contributed by atoms with Crippen LogP contribution in [0, 0.1) is 10.8 Å². The number of nitrogens with one attached hydrogen (secondary N) is 1. The lowest BCUT2D eigenvalue weighted by Crippen LogP contribution is -2.72. The van der Waals surface area contributed by atoms with E-state index in [9.17, 15) is 0 Å². The average Bonchev–Trinajstić information content (AvgIpc) is 2.30. The Labute approximate surface area is 155 Å². The van der Waals surface area contributed by atoms with Gasteiger partial charge < -0.3 is 15.1 Å². The summed E-state index contributed by atoms with van der Waals surface area (Å²) >= 11 is 0. The van der Waals surface area contributed by atoms with E-state index in [2.05, 4.69) is 77.7 Å². The third kappa shape index (κ3) is 4.98. The summed E-state index contributed by atoms with van der Waals surface area (Å²) < 4.78 is 0. The summed E-state index contributed by atoms with van der Waals surface area (Å²) in [5.74, 6) is 1.06. The summed E-state index contributed by atoms with van der Waals surface area (Å²) in [6, 6.07) is 0. The van der Waals surface area contributed by atoms with E-state index in [0.29, 0.717) is 5.41 Å². The van der Waals surface area contributed by atoms with Gasteiger partial charge in [-0.3, -0.25) is 4.99 Å². The molecule has 1 aliphatic heterocycles. The minimum absolute atomic E-state index is 0. The van der Waals surface area contributed by atoms with E-state index in [1.165, 1.54) is 0 Å². The maximum Gasteiger partial charge on any atom is 0.194 e. The van der Waals surface area contributed by atoms with Gasteiger partial charge in [-0.2, -0.15) is 0 Å². The molecule has 0 aromatic rings. The SMILES string of the molecule is CCNC(=NCC(C)(C)CN(C)C)N1CC(C)(C)C1(C)C.I. The molecule has 132 valence electrons. The minimum atomic E-state index is 0. The molecule has 0 atom stereocenters. The summed E-state index contributed by atoms with van der Waals surface area (Å²) in [5, 5.41) is 3.47. The minimum Gasteiger partial charge on any atom is -0.356 e. The van der Waals surface area contributed by atoms with Gasteiger partial charge in [0.2, 0.25) is 0 Å². The number of rotatable bonds is 5. The molecular weight excluding hydrogens is 387 g/mol. The molecule has 1 heterocycles. The highest BCUT2D eigenvalue weighted by atomic mass is 127. The molecule has 0 aromatic heterocycles. The summed E-state index contributed by atoms with van der Waals surface area (Å²) in [7, 11) is 4.25. The molecular formula is C17H37IN4. The number of aliphatic imine (C=N–C) groups is 1. The maximum absolute atomic E-state index is 4.93. The zero-order valence-corrected chi connectivity index (χ0v) is 18.4. The zero-order valence-electron chi connectivity index (χ0n) is 16.1. The molecule has 22 heavy (non-hydrogen) atoms. The van der Waals surface area contributed by atoms with Crippen molar-refractivity contribution in [3.8, 4) is 0 Å². The molecule has 0 spiro atoms. The van der Waals surface area contributed by atoms with Gasteiger partial charge in [-0.25, -0.2) is 0 Å². The lowest BCUT2D eigenvalue weighted by molar-refractivity contribution is -0.0668. The number of guanidine groups is 1. The van der Waals surface area contributed by atoms with Crippen molar-refractivity contribution < 1.29 is 0 Å². The lowest BCUT2D eigenvalue weighted by atomic mass is 9.65. The summed E-state index contributed by atoms with van der Waals surface area (Å²) in [6.07, 6.45) is 0. The highest BCUT2D eigenvalue weighted by Crippen LogP contribution is 2.46. The van der Waals surface area contributed by atoms with E-state index in [-0.39, 0.29) is 34.9 Å². The molecule has 0 amide bonds. The van der Waals surface area contributed by atoms with Crippen molar-refractivity contribution in [1.82, 2.24) is 15.1 Å². The third-order valence-corrected chi connectivity index (χ3v) is 4.88. The van der Waals surface area contributed by atoms with Crippen molar-refractivity contribution in [2.75, 3.05) is 40.3 Å². The van der Waals surface area contributed by atoms with Gasteiger partial charge in [0.25, 0.3) is 0 Å². The summed E-state index contributed by atoms with van der Waals surface area (Å²) in [4.78, 5) is 9.58. The maximum atomic E-state index is 4.93. The van der Waals surface area contributed by atoms with Crippen LogP contribution in [0.5, 0.6) is 0 Å². The highest BCUT2D eigenvalue weighted by molar-refractivity contribution is 14.0. The van der Waals surface area contributed by atoms with E-state index in [4.69, 9.17) is 4.99 Å². The Balaban J connectivity index is 0.00000441. The summed E-state index contributed by atoms with van der Waals surface area (Å²) in [5.41, 5.74) is 0.677. The Morgan fingerprint density at radius 3 is 2.14 bits per heavy atom. The standard InChI is InChI=1S/C17H36N4.HI/c1-10-18-14(19-11-15(2,3)12-20(8)9)21-13-16(4,5)17(21,6)7;/h10-13H2,1-9H3,(H,18,19);1H. The van der Waals surface area contributed by atoms with Crippen LogP contribution in [0.15, 0.2) is 4.99 Å². The Morgan fingerprint density at radius 1 is 1.23 bits per heavy atom. The number of nitrogens with zero attached hydrogens (tertiary/aromatic N) is 3. The Bertz CT molecular complexity index is 386. The van der Waals surface area contributed by atoms with Crippen LogP contribution >= 0.6 is 24.0 Å². The molecule has 1 aliphatic rings. The molecule has 0 unspecified atom stereocenters. The summed E-state index contributed by atoms with van der Waals surface area (Å²) in [6.45, 7) is 19.9. The highest BCUT2D eigenvalue weighted by Gasteiger charge is 2.53. The fourth-order valence-corrected chi connectivity index (χ4v) is 2.99. The molecule has 1 rings (SSSR count). The van der Waals surface area contributed by atoms with Gasteiger partial charge in [0, 0.05) is 37.1 Å². The van der Waals surface area contributed by atoms with E-state index in [1.807, 2.05) is 0 Å². The van der Waals surface area contributed by atoms with Crippen LogP contribution < -0.4 is 5.32 Å². The molecule has 1 N–H and O–H groups in total. The molecule has 0 aromatic carbocycles. The largest absolute Gasteiger partial charge is 0.356 e. The second-order valence-corrected chi connectivity index (χ2v) is 8.60. The van der Waals surface area contributed by atoms with Gasteiger partial charge in [0.05, 0.1) is 0 Å². The molecule has 0 bridgehead atoms. The van der Waals surface area contributed by atoms with Crippen molar-refractivity contribution in [3.63, 3.8) is 0 Å². The van der Waals surface area contributed by atoms with Crippen molar-refractivity contribution in [2.24, 2.45) is 15.8 Å². The van der Waals surface area contributed by atoms with Gasteiger partial charge in [0.15, 0.2) is 5.96 Å². The van der Waals surface area contributed by atoms with Gasteiger partial charge in [0.1, 0.15) is 0 Å². The van der Waals surface area contributed by atoms with Crippen LogP contribution in [0.4, 0.5) is 0 Å². The topological polar surface area (TPSA) is 30.9 Å². The zero-order chi connectivity index (χ0) is 16.5. The van der Waals surface area contributed by atoms with E-state index >= 15 is 0 Å². The Kier molecular flexibility index (Phi) is 7.67. The molecule has 0 radical (unpaired) electrons. The molecule has 0 aliphatic carbocycles. The van der Waals surface area contributed by atoms with Crippen LogP contribution in [-0.2, 0) is 0 Å². The average molecular weight is 424 g/mol. The fraction of sp³-hybridized carbons (Fsp3) is 0.941. The predicted octanol–water partition coefficient (Wildman–Crippen LogP) is 3.28. The normalized spacial score (nSPS) is 20.5. The van der Waals surface area contributed by atoms with E-state index in [0.717, 1.165) is 32.1 Å². The Hall–Kier alpha value is -0.0400. The van der Waals surface area contributed by atoms with Crippen LogP contribution in [0.1, 0.15) is 48.5 Å². The fourth-order valence-electron chi connectivity index (χ4n) is 2.99. The van der Waals surface area contributed by atoms with Crippen molar-refractivity contribution in [3.05, 3.63) is 0 Å². The predicted molar refractivity (Wildman–Crippen MR) is 108 cm³/mol. The number of halogens is 1. The first-order valence-corrected chi connectivity index (χ1v) is 8.14. The molecule has 1 saturated heterocycles. The molecule has 1 fully saturated rings. The lowest BCUT2D eigenvalue weighted by Gasteiger charge is -2.62. The van der Waals surface area contributed by atoms with Crippen LogP contribution in [0.25, 0.3) is 0 Å². The number of likely N-dealkylation sites (tertiary alicyclic amines) is 1. The second kappa shape index (κ2) is 7.69.